The second-order valence-corrected chi connectivity index (χ2v) is 3.81. The highest BCUT2D eigenvalue weighted by Crippen LogP contribution is 2.26. The van der Waals surface area contributed by atoms with Crippen LogP contribution in [0.4, 0.5) is 5.69 Å². The molecule has 0 heterocycles. The number of aliphatic hydroxyl groups is 2. The summed E-state index contributed by atoms with van der Waals surface area (Å²) in [5.41, 5.74) is -0.946. The third kappa shape index (κ3) is 2.95. The number of nitro groups is 1. The number of nitrogens with zero attached hydrogens (tertiary/aromatic N) is 1. The van der Waals surface area contributed by atoms with E-state index in [0.717, 1.165) is 18.2 Å². The molecule has 0 bridgehead atoms. The van der Waals surface area contributed by atoms with Crippen molar-refractivity contribution in [2.75, 3.05) is 5.88 Å². The Hall–Kier alpha value is -1.70. The number of hydrogen-bond acceptors (Lipinski definition) is 5. The number of benzene rings is 1. The summed E-state index contributed by atoms with van der Waals surface area (Å²) in [5.74, 6) is -1.69. The molecular weight excluding hydrogens is 266 g/mol. The van der Waals surface area contributed by atoms with Crippen molar-refractivity contribution in [1.29, 1.82) is 0 Å². The normalized spacial score (nSPS) is 13.9. The SMILES string of the molecule is O=C(O)c1ccc([N+](=O)[O-])cc1C(O)C(O)CCl. The first-order valence-electron chi connectivity index (χ1n) is 4.82. The number of carboxylic acids is 1. The van der Waals surface area contributed by atoms with Crippen LogP contribution < -0.4 is 0 Å². The number of aromatic carboxylic acids is 1. The molecular formula is C10H10ClNO6. The van der Waals surface area contributed by atoms with Gasteiger partial charge in [-0.2, -0.15) is 0 Å². The van der Waals surface area contributed by atoms with Gasteiger partial charge in [-0.05, 0) is 6.07 Å². The minimum atomic E-state index is -1.60. The molecule has 1 rings (SSSR count). The standard InChI is InChI=1S/C10H10ClNO6/c11-4-8(13)9(14)7-3-5(12(17)18)1-2-6(7)10(15)16/h1-3,8-9,13-14H,4H2,(H,15,16). The van der Waals surface area contributed by atoms with Gasteiger partial charge < -0.3 is 15.3 Å². The van der Waals surface area contributed by atoms with Crippen molar-refractivity contribution in [2.45, 2.75) is 12.2 Å². The lowest BCUT2D eigenvalue weighted by molar-refractivity contribution is -0.385. The Morgan fingerprint density at radius 2 is 2.06 bits per heavy atom. The first-order valence-corrected chi connectivity index (χ1v) is 5.35. The molecule has 1 aromatic carbocycles. The average molecular weight is 276 g/mol. The molecule has 18 heavy (non-hydrogen) atoms. The van der Waals surface area contributed by atoms with Crippen LogP contribution in [-0.2, 0) is 0 Å². The highest BCUT2D eigenvalue weighted by molar-refractivity contribution is 6.18. The third-order valence-electron chi connectivity index (χ3n) is 2.32. The molecule has 7 nitrogen and oxygen atoms in total. The van der Waals surface area contributed by atoms with E-state index in [1.54, 1.807) is 0 Å². The summed E-state index contributed by atoms with van der Waals surface area (Å²) in [6.45, 7) is 0. The van der Waals surface area contributed by atoms with Crippen LogP contribution in [0.3, 0.4) is 0 Å². The number of carbonyl (C=O) groups is 1. The summed E-state index contributed by atoms with van der Waals surface area (Å²) in [7, 11) is 0. The predicted octanol–water partition coefficient (Wildman–Crippen LogP) is 0.926. The van der Waals surface area contributed by atoms with Gasteiger partial charge in [0, 0.05) is 17.7 Å². The van der Waals surface area contributed by atoms with Crippen molar-refractivity contribution < 1.29 is 25.0 Å². The number of halogens is 1. The van der Waals surface area contributed by atoms with Crippen molar-refractivity contribution in [1.82, 2.24) is 0 Å². The van der Waals surface area contributed by atoms with Gasteiger partial charge in [0.1, 0.15) is 6.10 Å². The van der Waals surface area contributed by atoms with Crippen LogP contribution in [0.5, 0.6) is 0 Å². The van der Waals surface area contributed by atoms with Crippen LogP contribution in [0, 0.1) is 10.1 Å². The van der Waals surface area contributed by atoms with Crippen LogP contribution in [0.15, 0.2) is 18.2 Å². The molecule has 0 amide bonds. The fraction of sp³-hybridized carbons (Fsp3) is 0.300. The molecule has 2 unspecified atom stereocenters. The molecule has 8 heteroatoms. The quantitative estimate of drug-likeness (QED) is 0.417. The van der Waals surface area contributed by atoms with Crippen LogP contribution in [0.1, 0.15) is 22.0 Å². The zero-order valence-corrected chi connectivity index (χ0v) is 9.74. The van der Waals surface area contributed by atoms with Gasteiger partial charge in [-0.15, -0.1) is 11.6 Å². The van der Waals surface area contributed by atoms with E-state index in [-0.39, 0.29) is 22.7 Å². The van der Waals surface area contributed by atoms with Crippen LogP contribution >= 0.6 is 11.6 Å². The third-order valence-corrected chi connectivity index (χ3v) is 2.63. The summed E-state index contributed by atoms with van der Waals surface area (Å²) >= 11 is 5.34. The largest absolute Gasteiger partial charge is 0.478 e. The van der Waals surface area contributed by atoms with Gasteiger partial charge in [0.15, 0.2) is 0 Å². The van der Waals surface area contributed by atoms with Gasteiger partial charge in [0.25, 0.3) is 5.69 Å². The minimum absolute atomic E-state index is 0.246. The van der Waals surface area contributed by atoms with E-state index in [1.807, 2.05) is 0 Å². The lowest BCUT2D eigenvalue weighted by Gasteiger charge is -2.17. The van der Waals surface area contributed by atoms with Gasteiger partial charge in [-0.25, -0.2) is 4.79 Å². The van der Waals surface area contributed by atoms with Crippen molar-refractivity contribution in [3.05, 3.63) is 39.4 Å². The zero-order valence-electron chi connectivity index (χ0n) is 8.99. The number of hydrogen-bond donors (Lipinski definition) is 3. The van der Waals surface area contributed by atoms with Crippen molar-refractivity contribution in [3.8, 4) is 0 Å². The van der Waals surface area contributed by atoms with E-state index in [2.05, 4.69) is 0 Å². The fourth-order valence-electron chi connectivity index (χ4n) is 1.39. The highest BCUT2D eigenvalue weighted by Gasteiger charge is 2.25. The van der Waals surface area contributed by atoms with Crippen LogP contribution in [-0.4, -0.2) is 38.2 Å². The molecule has 0 aliphatic carbocycles. The fourth-order valence-corrected chi connectivity index (χ4v) is 1.56. The predicted molar refractivity (Wildman–Crippen MR) is 61.7 cm³/mol. The molecule has 0 aliphatic heterocycles. The molecule has 0 radical (unpaired) electrons. The lowest BCUT2D eigenvalue weighted by atomic mass is 9.98. The van der Waals surface area contributed by atoms with Crippen molar-refractivity contribution in [2.24, 2.45) is 0 Å². The van der Waals surface area contributed by atoms with Gasteiger partial charge in [0.2, 0.25) is 0 Å². The molecule has 0 saturated heterocycles. The highest BCUT2D eigenvalue weighted by atomic mass is 35.5. The number of rotatable bonds is 5. The summed E-state index contributed by atoms with van der Waals surface area (Å²) in [4.78, 5) is 20.8. The Kier molecular flexibility index (Phi) is 4.60. The second kappa shape index (κ2) is 5.76. The summed E-state index contributed by atoms with van der Waals surface area (Å²) in [6.07, 6.45) is -3.01. The Labute approximate surface area is 106 Å². The molecule has 1 aromatic rings. The van der Waals surface area contributed by atoms with E-state index < -0.39 is 23.1 Å². The molecule has 0 aliphatic rings. The number of alkyl halides is 1. The summed E-state index contributed by atoms with van der Waals surface area (Å²) in [5, 5.41) is 38.6. The first-order chi connectivity index (χ1) is 8.38. The molecule has 0 spiro atoms. The van der Waals surface area contributed by atoms with E-state index >= 15 is 0 Å². The number of nitro benzene ring substituents is 1. The Balaban J connectivity index is 3.31. The Morgan fingerprint density at radius 3 is 2.50 bits per heavy atom. The second-order valence-electron chi connectivity index (χ2n) is 3.50. The minimum Gasteiger partial charge on any atom is -0.478 e. The summed E-state index contributed by atoms with van der Waals surface area (Å²) < 4.78 is 0. The van der Waals surface area contributed by atoms with Gasteiger partial charge in [-0.3, -0.25) is 10.1 Å². The van der Waals surface area contributed by atoms with E-state index in [4.69, 9.17) is 16.7 Å². The molecule has 0 saturated carbocycles. The number of aliphatic hydroxyl groups excluding tert-OH is 2. The van der Waals surface area contributed by atoms with E-state index in [0.29, 0.717) is 0 Å². The van der Waals surface area contributed by atoms with Crippen molar-refractivity contribution in [3.63, 3.8) is 0 Å². The zero-order chi connectivity index (χ0) is 13.9. The molecule has 0 fully saturated rings. The van der Waals surface area contributed by atoms with Crippen LogP contribution in [0.2, 0.25) is 0 Å². The summed E-state index contributed by atoms with van der Waals surface area (Å²) in [6, 6.07) is 2.91. The molecule has 3 N–H and O–H groups in total. The van der Waals surface area contributed by atoms with Crippen molar-refractivity contribution >= 4 is 23.3 Å². The monoisotopic (exact) mass is 275 g/mol. The van der Waals surface area contributed by atoms with Gasteiger partial charge in [0.05, 0.1) is 22.5 Å². The maximum absolute atomic E-state index is 10.9. The lowest BCUT2D eigenvalue weighted by Crippen LogP contribution is -2.22. The maximum Gasteiger partial charge on any atom is 0.336 e. The van der Waals surface area contributed by atoms with E-state index in [1.165, 1.54) is 0 Å². The number of carboxylic acid groups (broad SMARTS) is 1. The van der Waals surface area contributed by atoms with Crippen LogP contribution in [0.25, 0.3) is 0 Å². The Bertz CT molecular complexity index is 477. The smallest absolute Gasteiger partial charge is 0.336 e. The topological polar surface area (TPSA) is 121 Å². The molecule has 98 valence electrons. The number of non-ortho nitro benzene ring substituents is 1. The first kappa shape index (κ1) is 14.4. The molecule has 0 aromatic heterocycles. The van der Waals surface area contributed by atoms with Gasteiger partial charge in [-0.1, -0.05) is 0 Å². The maximum atomic E-state index is 10.9. The average Bonchev–Trinajstić information content (AvgIpc) is 2.35. The molecule has 2 atom stereocenters. The van der Waals surface area contributed by atoms with E-state index in [9.17, 15) is 25.1 Å². The Morgan fingerprint density at radius 1 is 1.44 bits per heavy atom. The van der Waals surface area contributed by atoms with Gasteiger partial charge >= 0.3 is 5.97 Å².